The third-order valence-corrected chi connectivity index (χ3v) is 4.46. The summed E-state index contributed by atoms with van der Waals surface area (Å²) in [5.74, 6) is 0.915. The molecule has 1 saturated heterocycles. The summed E-state index contributed by atoms with van der Waals surface area (Å²) in [5.41, 5.74) is 13.5. The highest BCUT2D eigenvalue weighted by Crippen LogP contribution is 2.24. The van der Waals surface area contributed by atoms with Gasteiger partial charge in [-0.1, -0.05) is 12.1 Å². The predicted octanol–water partition coefficient (Wildman–Crippen LogP) is 1.80. The Morgan fingerprint density at radius 2 is 2.28 bits per heavy atom. The van der Waals surface area contributed by atoms with Crippen molar-refractivity contribution in [3.05, 3.63) is 41.6 Å². The molecular weight excluding hydrogens is 316 g/mol. The van der Waals surface area contributed by atoms with E-state index in [-0.39, 0.29) is 5.56 Å². The van der Waals surface area contributed by atoms with Crippen LogP contribution < -0.4 is 21.7 Å². The fraction of sp³-hybridized carbons (Fsp3) is 0.389. The van der Waals surface area contributed by atoms with E-state index in [2.05, 4.69) is 20.2 Å². The lowest BCUT2D eigenvalue weighted by Crippen LogP contribution is -2.39. The number of rotatable bonds is 5. The second kappa shape index (κ2) is 7.48. The molecule has 0 bridgehead atoms. The molecule has 2 heterocycles. The van der Waals surface area contributed by atoms with Crippen LogP contribution in [0.1, 0.15) is 28.8 Å². The van der Waals surface area contributed by atoms with Gasteiger partial charge < -0.3 is 21.7 Å². The van der Waals surface area contributed by atoms with Gasteiger partial charge in [0.1, 0.15) is 11.4 Å². The molecule has 0 saturated carbocycles. The van der Waals surface area contributed by atoms with Gasteiger partial charge in [-0.3, -0.25) is 4.79 Å². The van der Waals surface area contributed by atoms with E-state index in [9.17, 15) is 4.79 Å². The Balaban J connectivity index is 1.90. The average Bonchev–Trinajstić information content (AvgIpc) is 2.61. The number of carbonyl (C=O) groups excluding carboxylic acids is 1. The zero-order chi connectivity index (χ0) is 17.8. The van der Waals surface area contributed by atoms with Crippen molar-refractivity contribution in [3.63, 3.8) is 0 Å². The highest BCUT2D eigenvalue weighted by Gasteiger charge is 2.22. The largest absolute Gasteiger partial charge is 0.365 e. The van der Waals surface area contributed by atoms with Crippen LogP contribution in [0.2, 0.25) is 0 Å². The third kappa shape index (κ3) is 4.06. The van der Waals surface area contributed by atoms with E-state index in [0.717, 1.165) is 37.2 Å². The Kier molecular flexibility index (Phi) is 5.14. The first kappa shape index (κ1) is 17.2. The van der Waals surface area contributed by atoms with Gasteiger partial charge in [-0.25, -0.2) is 4.98 Å². The molecule has 0 aliphatic carbocycles. The first-order valence-electron chi connectivity index (χ1n) is 8.52. The maximum atomic E-state index is 11.7. The van der Waals surface area contributed by atoms with Crippen LogP contribution in [-0.4, -0.2) is 35.5 Å². The number of hydrogen-bond acceptors (Lipinski definition) is 6. The number of nitrogens with zero attached hydrogens (tertiary/aromatic N) is 3. The molecule has 3 rings (SSSR count). The van der Waals surface area contributed by atoms with Crippen molar-refractivity contribution in [2.24, 2.45) is 17.4 Å². The molecule has 25 heavy (non-hydrogen) atoms. The summed E-state index contributed by atoms with van der Waals surface area (Å²) in [6.07, 6.45) is 3.68. The fourth-order valence-corrected chi connectivity index (χ4v) is 3.10. The number of hydrogen-bond donors (Lipinski definition) is 3. The van der Waals surface area contributed by atoms with Crippen LogP contribution in [0.3, 0.4) is 0 Å². The maximum Gasteiger partial charge on any atom is 0.254 e. The number of nitrogens with one attached hydrogen (secondary N) is 1. The zero-order valence-electron chi connectivity index (χ0n) is 14.4. The van der Waals surface area contributed by atoms with Crippen molar-refractivity contribution in [2.75, 3.05) is 29.9 Å². The Morgan fingerprint density at radius 1 is 1.44 bits per heavy atom. The Hall–Kier alpha value is -2.67. The summed E-state index contributed by atoms with van der Waals surface area (Å²) in [7, 11) is 0. The lowest BCUT2D eigenvalue weighted by molar-refractivity contribution is 0.100. The quantitative estimate of drug-likeness (QED) is 0.765. The van der Waals surface area contributed by atoms with E-state index in [0.29, 0.717) is 24.2 Å². The molecular formula is C18H24N6O. The van der Waals surface area contributed by atoms with Gasteiger partial charge in [0.15, 0.2) is 0 Å². The van der Waals surface area contributed by atoms with Crippen molar-refractivity contribution >= 4 is 23.4 Å². The Morgan fingerprint density at radius 3 is 3.00 bits per heavy atom. The second-order valence-electron chi connectivity index (χ2n) is 6.48. The van der Waals surface area contributed by atoms with E-state index in [4.69, 9.17) is 11.5 Å². The van der Waals surface area contributed by atoms with Gasteiger partial charge in [-0.2, -0.15) is 4.98 Å². The lowest BCUT2D eigenvalue weighted by Gasteiger charge is -2.32. The molecule has 1 aliphatic rings. The van der Waals surface area contributed by atoms with Gasteiger partial charge in [0.25, 0.3) is 5.91 Å². The molecule has 1 aliphatic heterocycles. The lowest BCUT2D eigenvalue weighted by atomic mass is 9.99. The summed E-state index contributed by atoms with van der Waals surface area (Å²) >= 11 is 0. The number of aromatic nitrogens is 2. The van der Waals surface area contributed by atoms with E-state index in [1.165, 1.54) is 6.20 Å². The number of amides is 1. The van der Waals surface area contributed by atoms with E-state index in [1.54, 1.807) is 0 Å². The number of carbonyl (C=O) groups is 1. The van der Waals surface area contributed by atoms with Gasteiger partial charge >= 0.3 is 0 Å². The predicted molar refractivity (Wildman–Crippen MR) is 99.0 cm³/mol. The molecule has 1 aromatic heterocycles. The number of anilines is 3. The summed E-state index contributed by atoms with van der Waals surface area (Å²) in [4.78, 5) is 22.8. The SMILES string of the molecule is Cc1cccc(Nc2nc(N3CCCC(CN)C3)ncc2C(N)=O)c1. The molecule has 0 spiro atoms. The Labute approximate surface area is 147 Å². The van der Waals surface area contributed by atoms with Crippen molar-refractivity contribution in [1.82, 2.24) is 9.97 Å². The van der Waals surface area contributed by atoms with Crippen LogP contribution in [0.5, 0.6) is 0 Å². The first-order valence-corrected chi connectivity index (χ1v) is 8.52. The number of primary amides is 1. The van der Waals surface area contributed by atoms with E-state index < -0.39 is 5.91 Å². The minimum Gasteiger partial charge on any atom is -0.365 e. The summed E-state index contributed by atoms with van der Waals surface area (Å²) in [6.45, 7) is 4.38. The van der Waals surface area contributed by atoms with Crippen molar-refractivity contribution in [3.8, 4) is 0 Å². The standard InChI is InChI=1S/C18H24N6O/c1-12-4-2-6-14(8-12)22-17-15(16(20)25)10-21-18(23-17)24-7-3-5-13(9-19)11-24/h2,4,6,8,10,13H,3,5,7,9,11,19H2,1H3,(H2,20,25)(H,21,22,23). The molecule has 1 aromatic carbocycles. The van der Waals surface area contributed by atoms with Crippen LogP contribution >= 0.6 is 0 Å². The van der Waals surface area contributed by atoms with Crippen LogP contribution in [0.15, 0.2) is 30.5 Å². The summed E-state index contributed by atoms with van der Waals surface area (Å²) in [6, 6.07) is 7.86. The normalized spacial score (nSPS) is 17.4. The van der Waals surface area contributed by atoms with Gasteiger partial charge in [-0.15, -0.1) is 0 Å². The van der Waals surface area contributed by atoms with Gasteiger partial charge in [-0.05, 0) is 49.9 Å². The molecule has 5 N–H and O–H groups in total. The van der Waals surface area contributed by atoms with Crippen LogP contribution in [0.4, 0.5) is 17.5 Å². The molecule has 1 unspecified atom stereocenters. The molecule has 7 heteroatoms. The maximum absolute atomic E-state index is 11.7. The van der Waals surface area contributed by atoms with Gasteiger partial charge in [0, 0.05) is 25.0 Å². The molecule has 7 nitrogen and oxygen atoms in total. The third-order valence-electron chi connectivity index (χ3n) is 4.46. The Bertz CT molecular complexity index is 763. The molecule has 132 valence electrons. The van der Waals surface area contributed by atoms with Crippen LogP contribution in [-0.2, 0) is 0 Å². The smallest absolute Gasteiger partial charge is 0.254 e. The van der Waals surface area contributed by atoms with E-state index >= 15 is 0 Å². The molecule has 1 atom stereocenters. The zero-order valence-corrected chi connectivity index (χ0v) is 14.4. The van der Waals surface area contributed by atoms with Crippen molar-refractivity contribution < 1.29 is 4.79 Å². The monoisotopic (exact) mass is 340 g/mol. The second-order valence-corrected chi connectivity index (χ2v) is 6.48. The average molecular weight is 340 g/mol. The number of piperidine rings is 1. The number of benzene rings is 1. The summed E-state index contributed by atoms with van der Waals surface area (Å²) in [5, 5.41) is 3.20. The minimum atomic E-state index is -0.555. The fourth-order valence-electron chi connectivity index (χ4n) is 3.10. The molecule has 1 fully saturated rings. The topological polar surface area (TPSA) is 110 Å². The molecule has 0 radical (unpaired) electrons. The van der Waals surface area contributed by atoms with Crippen molar-refractivity contribution in [1.29, 1.82) is 0 Å². The minimum absolute atomic E-state index is 0.276. The molecule has 1 amide bonds. The highest BCUT2D eigenvalue weighted by atomic mass is 16.1. The molecule has 2 aromatic rings. The first-order chi connectivity index (χ1) is 12.1. The van der Waals surface area contributed by atoms with Crippen molar-refractivity contribution in [2.45, 2.75) is 19.8 Å². The summed E-state index contributed by atoms with van der Waals surface area (Å²) < 4.78 is 0. The highest BCUT2D eigenvalue weighted by molar-refractivity contribution is 5.98. The van der Waals surface area contributed by atoms with Crippen LogP contribution in [0, 0.1) is 12.8 Å². The van der Waals surface area contributed by atoms with Crippen LogP contribution in [0.25, 0.3) is 0 Å². The van der Waals surface area contributed by atoms with Gasteiger partial charge in [0.2, 0.25) is 5.95 Å². The van der Waals surface area contributed by atoms with Gasteiger partial charge in [0.05, 0.1) is 0 Å². The number of nitrogens with two attached hydrogens (primary N) is 2. The number of aryl methyl sites for hydroxylation is 1. The van der Waals surface area contributed by atoms with E-state index in [1.807, 2.05) is 31.2 Å².